The van der Waals surface area contributed by atoms with E-state index >= 15 is 0 Å². The zero-order valence-corrected chi connectivity index (χ0v) is 18.3. The third-order valence-electron chi connectivity index (χ3n) is 4.91. The molecular formula is C23H17Cl2N3O4. The van der Waals surface area contributed by atoms with Gasteiger partial charge in [-0.3, -0.25) is 14.2 Å². The highest BCUT2D eigenvalue weighted by atomic mass is 35.5. The van der Waals surface area contributed by atoms with Gasteiger partial charge in [0.2, 0.25) is 0 Å². The predicted octanol–water partition coefficient (Wildman–Crippen LogP) is 4.72. The lowest BCUT2D eigenvalue weighted by molar-refractivity contribution is 0.102. The average molecular weight is 470 g/mol. The maximum absolute atomic E-state index is 13.3. The van der Waals surface area contributed by atoms with Crippen LogP contribution in [0.5, 0.6) is 11.5 Å². The highest BCUT2D eigenvalue weighted by Crippen LogP contribution is 2.33. The second-order valence-corrected chi connectivity index (χ2v) is 7.75. The van der Waals surface area contributed by atoms with Crippen molar-refractivity contribution in [3.05, 3.63) is 92.5 Å². The highest BCUT2D eigenvalue weighted by molar-refractivity contribution is 6.37. The number of amides is 1. The Hall–Kier alpha value is -3.55. The number of phenols is 1. The maximum atomic E-state index is 13.3. The van der Waals surface area contributed by atoms with Crippen LogP contribution in [0.15, 0.2) is 65.7 Å². The molecule has 4 aromatic rings. The molecule has 7 nitrogen and oxygen atoms in total. The summed E-state index contributed by atoms with van der Waals surface area (Å²) in [6, 6.07) is 15.0. The minimum atomic E-state index is -0.541. The van der Waals surface area contributed by atoms with Gasteiger partial charge in [0.1, 0.15) is 5.75 Å². The molecule has 2 N–H and O–H groups in total. The number of rotatable bonds is 5. The Morgan fingerprint density at radius 1 is 1.12 bits per heavy atom. The van der Waals surface area contributed by atoms with E-state index in [4.69, 9.17) is 27.9 Å². The average Bonchev–Trinajstić information content (AvgIpc) is 2.79. The number of anilines is 1. The molecule has 0 bridgehead atoms. The van der Waals surface area contributed by atoms with E-state index in [2.05, 4.69) is 10.3 Å². The maximum Gasteiger partial charge on any atom is 0.263 e. The Bertz CT molecular complexity index is 1380. The number of hydrogen-bond donors (Lipinski definition) is 2. The number of nitrogens with one attached hydrogen (secondary N) is 1. The van der Waals surface area contributed by atoms with Crippen molar-refractivity contribution in [2.24, 2.45) is 0 Å². The number of ether oxygens (including phenoxy) is 1. The number of benzene rings is 3. The number of halogens is 2. The first-order chi connectivity index (χ1) is 15.4. The number of carbonyl (C=O) groups is 1. The number of para-hydroxylation sites is 1. The zero-order chi connectivity index (χ0) is 22.8. The van der Waals surface area contributed by atoms with Crippen LogP contribution in [0.3, 0.4) is 0 Å². The molecule has 3 aromatic carbocycles. The smallest absolute Gasteiger partial charge is 0.263 e. The molecule has 0 fully saturated rings. The lowest BCUT2D eigenvalue weighted by atomic mass is 10.1. The third kappa shape index (κ3) is 4.12. The molecule has 9 heteroatoms. The van der Waals surface area contributed by atoms with Gasteiger partial charge in [0, 0.05) is 11.1 Å². The summed E-state index contributed by atoms with van der Waals surface area (Å²) in [7, 11) is 1.57. The summed E-state index contributed by atoms with van der Waals surface area (Å²) in [5.41, 5.74) is 1.35. The first-order valence-corrected chi connectivity index (χ1v) is 10.2. The second kappa shape index (κ2) is 8.90. The Morgan fingerprint density at radius 3 is 2.56 bits per heavy atom. The topological polar surface area (TPSA) is 93.4 Å². The van der Waals surface area contributed by atoms with E-state index in [0.717, 1.165) is 5.56 Å². The van der Waals surface area contributed by atoms with Crippen LogP contribution >= 0.6 is 23.2 Å². The van der Waals surface area contributed by atoms with E-state index in [-0.39, 0.29) is 38.8 Å². The van der Waals surface area contributed by atoms with Gasteiger partial charge >= 0.3 is 0 Å². The molecule has 0 aliphatic carbocycles. The molecule has 1 aromatic heterocycles. The molecule has 162 valence electrons. The van der Waals surface area contributed by atoms with Crippen molar-refractivity contribution in [1.29, 1.82) is 0 Å². The van der Waals surface area contributed by atoms with Gasteiger partial charge in [-0.2, -0.15) is 0 Å². The van der Waals surface area contributed by atoms with Gasteiger partial charge in [-0.05, 0) is 30.3 Å². The highest BCUT2D eigenvalue weighted by Gasteiger charge is 2.16. The van der Waals surface area contributed by atoms with Crippen molar-refractivity contribution in [2.75, 3.05) is 12.4 Å². The van der Waals surface area contributed by atoms with Crippen LogP contribution in [0.1, 0.15) is 15.9 Å². The van der Waals surface area contributed by atoms with E-state index in [0.29, 0.717) is 17.0 Å². The van der Waals surface area contributed by atoms with Crippen LogP contribution < -0.4 is 15.6 Å². The molecule has 0 atom stereocenters. The molecule has 0 radical (unpaired) electrons. The number of fused-ring (bicyclic) bond motifs is 1. The molecule has 1 heterocycles. The number of hydrogen-bond acceptors (Lipinski definition) is 5. The number of carbonyl (C=O) groups excluding carboxylic acids is 1. The summed E-state index contributed by atoms with van der Waals surface area (Å²) >= 11 is 11.8. The fourth-order valence-corrected chi connectivity index (χ4v) is 3.81. The normalized spacial score (nSPS) is 10.8. The predicted molar refractivity (Wildman–Crippen MR) is 124 cm³/mol. The Morgan fingerprint density at radius 2 is 1.84 bits per heavy atom. The van der Waals surface area contributed by atoms with Crippen molar-refractivity contribution in [1.82, 2.24) is 9.55 Å². The summed E-state index contributed by atoms with van der Waals surface area (Å²) in [5.74, 6) is -0.193. The molecule has 0 spiro atoms. The molecule has 0 saturated heterocycles. The molecule has 0 unspecified atom stereocenters. The van der Waals surface area contributed by atoms with Crippen LogP contribution in [0, 0.1) is 0 Å². The molecule has 0 aliphatic heterocycles. The van der Waals surface area contributed by atoms with E-state index in [1.54, 1.807) is 25.3 Å². The van der Waals surface area contributed by atoms with Crippen molar-refractivity contribution >= 4 is 45.7 Å². The standard InChI is InChI=1S/C23H17Cl2N3O4/c1-32-19-8-3-2-5-13(19)11-28-12-26-17-6-4-7-18(20(17)23(28)31)27-22(30)14-9-15(24)21(29)16(25)10-14/h2-10,12,29H,11H2,1H3,(H,27,30). The van der Waals surface area contributed by atoms with E-state index in [1.165, 1.54) is 23.0 Å². The van der Waals surface area contributed by atoms with Crippen molar-refractivity contribution in [3.8, 4) is 11.5 Å². The summed E-state index contributed by atoms with van der Waals surface area (Å²) in [5, 5.41) is 12.6. The van der Waals surface area contributed by atoms with Crippen LogP contribution in [0.25, 0.3) is 10.9 Å². The van der Waals surface area contributed by atoms with Crippen LogP contribution in [0.4, 0.5) is 5.69 Å². The lowest BCUT2D eigenvalue weighted by Crippen LogP contribution is -2.23. The minimum Gasteiger partial charge on any atom is -0.505 e. The number of nitrogens with zero attached hydrogens (tertiary/aromatic N) is 2. The Kier molecular flexibility index (Phi) is 6.03. The Labute approximate surface area is 192 Å². The molecule has 1 amide bonds. The van der Waals surface area contributed by atoms with E-state index in [1.807, 2.05) is 24.3 Å². The number of methoxy groups -OCH3 is 1. The fraction of sp³-hybridized carbons (Fsp3) is 0.0870. The number of aromatic hydroxyl groups is 1. The third-order valence-corrected chi connectivity index (χ3v) is 5.49. The molecule has 0 saturated carbocycles. The van der Waals surface area contributed by atoms with Gasteiger partial charge in [-0.25, -0.2) is 4.98 Å². The van der Waals surface area contributed by atoms with Gasteiger partial charge in [0.15, 0.2) is 5.75 Å². The largest absolute Gasteiger partial charge is 0.505 e. The summed E-state index contributed by atoms with van der Waals surface area (Å²) in [6.07, 6.45) is 1.46. The number of phenolic OH excluding ortho intramolecular Hbond substituents is 1. The quantitative estimate of drug-likeness (QED) is 0.441. The number of aromatic nitrogens is 2. The lowest BCUT2D eigenvalue weighted by Gasteiger charge is -2.13. The van der Waals surface area contributed by atoms with Crippen molar-refractivity contribution < 1.29 is 14.6 Å². The van der Waals surface area contributed by atoms with Crippen LogP contribution in [-0.4, -0.2) is 27.7 Å². The molecule has 4 rings (SSSR count). The van der Waals surface area contributed by atoms with Gasteiger partial charge in [-0.1, -0.05) is 47.5 Å². The van der Waals surface area contributed by atoms with Crippen molar-refractivity contribution in [3.63, 3.8) is 0 Å². The zero-order valence-electron chi connectivity index (χ0n) is 16.8. The first kappa shape index (κ1) is 21.7. The Balaban J connectivity index is 1.74. The van der Waals surface area contributed by atoms with Gasteiger partial charge in [-0.15, -0.1) is 0 Å². The van der Waals surface area contributed by atoms with Gasteiger partial charge in [0.05, 0.1) is 46.6 Å². The fourth-order valence-electron chi connectivity index (χ4n) is 3.33. The van der Waals surface area contributed by atoms with Gasteiger partial charge in [0.25, 0.3) is 11.5 Å². The van der Waals surface area contributed by atoms with Crippen LogP contribution in [0.2, 0.25) is 10.0 Å². The molecule has 32 heavy (non-hydrogen) atoms. The summed E-state index contributed by atoms with van der Waals surface area (Å²) < 4.78 is 6.81. The monoisotopic (exact) mass is 469 g/mol. The summed E-state index contributed by atoms with van der Waals surface area (Å²) in [4.78, 5) is 30.4. The second-order valence-electron chi connectivity index (χ2n) is 6.93. The first-order valence-electron chi connectivity index (χ1n) is 9.48. The van der Waals surface area contributed by atoms with Gasteiger partial charge < -0.3 is 15.2 Å². The SMILES string of the molecule is COc1ccccc1Cn1cnc2cccc(NC(=O)c3cc(Cl)c(O)c(Cl)c3)c2c1=O. The van der Waals surface area contributed by atoms with Crippen molar-refractivity contribution in [2.45, 2.75) is 6.54 Å². The van der Waals surface area contributed by atoms with E-state index in [9.17, 15) is 14.7 Å². The summed E-state index contributed by atoms with van der Waals surface area (Å²) in [6.45, 7) is 0.247. The minimum absolute atomic E-state index is 0.0543. The van der Waals surface area contributed by atoms with Crippen LogP contribution in [-0.2, 0) is 6.54 Å². The van der Waals surface area contributed by atoms with E-state index < -0.39 is 5.91 Å². The molecular weight excluding hydrogens is 453 g/mol. The molecule has 0 aliphatic rings.